The Morgan fingerprint density at radius 3 is 2.68 bits per heavy atom. The molecule has 2 heterocycles. The van der Waals surface area contributed by atoms with Gasteiger partial charge < -0.3 is 9.88 Å². The summed E-state index contributed by atoms with van der Waals surface area (Å²) in [6.07, 6.45) is 4.83. The number of aromatic nitrogens is 3. The van der Waals surface area contributed by atoms with E-state index >= 15 is 0 Å². The molecule has 3 aromatic rings. The molecule has 0 radical (unpaired) electrons. The Labute approximate surface area is 174 Å². The number of anilines is 1. The lowest BCUT2D eigenvalue weighted by atomic mass is 10.1. The first-order valence-electron chi connectivity index (χ1n) is 9.71. The van der Waals surface area contributed by atoms with Crippen LogP contribution in [0.4, 0.5) is 5.69 Å². The molecule has 0 aliphatic heterocycles. The number of nitrogens with zero attached hydrogens (tertiary/aromatic N) is 3. The molecule has 0 saturated carbocycles. The molecule has 0 aliphatic carbocycles. The molecule has 5 nitrogen and oxygen atoms in total. The highest BCUT2D eigenvalue weighted by atomic mass is 32.2. The second-order valence-corrected chi connectivity index (χ2v) is 8.33. The monoisotopic (exact) mass is 414 g/mol. The van der Waals surface area contributed by atoms with E-state index in [1.165, 1.54) is 0 Å². The predicted octanol–water partition coefficient (Wildman–Crippen LogP) is 5.71. The molecular formula is C21H26N4OS2. The van der Waals surface area contributed by atoms with Crippen LogP contribution in [0.15, 0.2) is 52.3 Å². The Morgan fingerprint density at radius 1 is 1.11 bits per heavy atom. The molecule has 1 N–H and O–H groups in total. The van der Waals surface area contributed by atoms with Crippen LogP contribution in [0.3, 0.4) is 0 Å². The van der Waals surface area contributed by atoms with Gasteiger partial charge in [-0.1, -0.05) is 42.8 Å². The van der Waals surface area contributed by atoms with Crippen molar-refractivity contribution in [2.45, 2.75) is 50.7 Å². The number of unbranched alkanes of at least 4 members (excludes halogenated alkanes) is 3. The highest BCUT2D eigenvalue weighted by molar-refractivity contribution is 7.99. The van der Waals surface area contributed by atoms with E-state index in [-0.39, 0.29) is 5.91 Å². The SMILES string of the molecule is CCn1c(SCCCCCCC(=O)Nc2ccccc2)nnc1-c1ccsc1. The molecule has 2 aromatic heterocycles. The van der Waals surface area contributed by atoms with Crippen LogP contribution in [0.25, 0.3) is 11.4 Å². The van der Waals surface area contributed by atoms with Gasteiger partial charge in [-0.05, 0) is 43.3 Å². The van der Waals surface area contributed by atoms with Crippen molar-refractivity contribution in [3.8, 4) is 11.4 Å². The summed E-state index contributed by atoms with van der Waals surface area (Å²) in [6, 6.07) is 11.7. The van der Waals surface area contributed by atoms with E-state index < -0.39 is 0 Å². The van der Waals surface area contributed by atoms with Crippen LogP contribution in [-0.4, -0.2) is 26.4 Å². The lowest BCUT2D eigenvalue weighted by Crippen LogP contribution is -2.10. The second kappa shape index (κ2) is 11.0. The number of amides is 1. The molecule has 148 valence electrons. The van der Waals surface area contributed by atoms with Gasteiger partial charge in [-0.25, -0.2) is 0 Å². The minimum Gasteiger partial charge on any atom is -0.326 e. The molecule has 28 heavy (non-hydrogen) atoms. The summed E-state index contributed by atoms with van der Waals surface area (Å²) in [6.45, 7) is 3.00. The number of hydrogen-bond donors (Lipinski definition) is 1. The minimum absolute atomic E-state index is 0.0950. The third-order valence-electron chi connectivity index (χ3n) is 4.40. The third-order valence-corrected chi connectivity index (χ3v) is 6.14. The van der Waals surface area contributed by atoms with E-state index in [1.807, 2.05) is 30.3 Å². The van der Waals surface area contributed by atoms with Gasteiger partial charge in [0.05, 0.1) is 0 Å². The number of benzene rings is 1. The number of rotatable bonds is 11. The first-order valence-corrected chi connectivity index (χ1v) is 11.6. The van der Waals surface area contributed by atoms with Crippen LogP contribution >= 0.6 is 23.1 Å². The van der Waals surface area contributed by atoms with Crippen LogP contribution in [0.5, 0.6) is 0 Å². The minimum atomic E-state index is 0.0950. The van der Waals surface area contributed by atoms with Gasteiger partial charge in [0.2, 0.25) is 5.91 Å². The molecule has 0 bridgehead atoms. The molecule has 1 amide bonds. The van der Waals surface area contributed by atoms with Gasteiger partial charge in [-0.2, -0.15) is 11.3 Å². The number of nitrogens with one attached hydrogen (secondary N) is 1. The Bertz CT molecular complexity index is 847. The molecule has 0 spiro atoms. The van der Waals surface area contributed by atoms with Crippen molar-refractivity contribution < 1.29 is 4.79 Å². The van der Waals surface area contributed by atoms with Crippen molar-refractivity contribution in [1.82, 2.24) is 14.8 Å². The fourth-order valence-corrected chi connectivity index (χ4v) is 4.57. The standard InChI is InChI=1S/C21H26N4OS2/c1-2-25-20(17-13-15-27-16-17)23-24-21(25)28-14-9-4-3-8-12-19(26)22-18-10-6-5-7-11-18/h5-7,10-11,13,15-16H,2-4,8-9,12,14H2,1H3,(H,22,26). The van der Waals surface area contributed by atoms with Gasteiger partial charge in [-0.3, -0.25) is 4.79 Å². The van der Waals surface area contributed by atoms with Gasteiger partial charge in [0, 0.05) is 35.3 Å². The highest BCUT2D eigenvalue weighted by Crippen LogP contribution is 2.26. The Morgan fingerprint density at radius 2 is 1.93 bits per heavy atom. The number of thioether (sulfide) groups is 1. The van der Waals surface area contributed by atoms with E-state index in [2.05, 4.69) is 43.8 Å². The van der Waals surface area contributed by atoms with Gasteiger partial charge in [0.25, 0.3) is 0 Å². The van der Waals surface area contributed by atoms with Gasteiger partial charge in [0.15, 0.2) is 11.0 Å². The first kappa shape index (κ1) is 20.6. The van der Waals surface area contributed by atoms with Gasteiger partial charge >= 0.3 is 0 Å². The van der Waals surface area contributed by atoms with Crippen molar-refractivity contribution in [2.75, 3.05) is 11.1 Å². The van der Waals surface area contributed by atoms with Crippen LogP contribution in [0.2, 0.25) is 0 Å². The lowest BCUT2D eigenvalue weighted by molar-refractivity contribution is -0.116. The Kier molecular flexibility index (Phi) is 8.11. The Hall–Kier alpha value is -2.12. The van der Waals surface area contributed by atoms with E-state index in [0.717, 1.165) is 60.2 Å². The molecule has 1 aromatic carbocycles. The van der Waals surface area contributed by atoms with E-state index in [4.69, 9.17) is 0 Å². The van der Waals surface area contributed by atoms with Crippen molar-refractivity contribution in [1.29, 1.82) is 0 Å². The van der Waals surface area contributed by atoms with Crippen molar-refractivity contribution in [3.63, 3.8) is 0 Å². The highest BCUT2D eigenvalue weighted by Gasteiger charge is 2.13. The van der Waals surface area contributed by atoms with Crippen LogP contribution in [-0.2, 0) is 11.3 Å². The van der Waals surface area contributed by atoms with E-state index in [9.17, 15) is 4.79 Å². The smallest absolute Gasteiger partial charge is 0.224 e. The number of hydrogen-bond acceptors (Lipinski definition) is 5. The molecule has 0 atom stereocenters. The molecule has 0 fully saturated rings. The van der Waals surface area contributed by atoms with Crippen molar-refractivity contribution >= 4 is 34.7 Å². The maximum Gasteiger partial charge on any atom is 0.224 e. The summed E-state index contributed by atoms with van der Waals surface area (Å²) < 4.78 is 2.18. The maximum atomic E-state index is 11.9. The summed E-state index contributed by atoms with van der Waals surface area (Å²) in [5.74, 6) is 2.08. The maximum absolute atomic E-state index is 11.9. The van der Waals surface area contributed by atoms with Crippen molar-refractivity contribution in [3.05, 3.63) is 47.2 Å². The number of carbonyl (C=O) groups is 1. The first-order chi connectivity index (χ1) is 13.8. The summed E-state index contributed by atoms with van der Waals surface area (Å²) in [5.41, 5.74) is 2.01. The predicted molar refractivity (Wildman–Crippen MR) is 118 cm³/mol. The lowest BCUT2D eigenvalue weighted by Gasteiger charge is -2.06. The van der Waals surface area contributed by atoms with Crippen molar-refractivity contribution in [2.24, 2.45) is 0 Å². The summed E-state index contributed by atoms with van der Waals surface area (Å²) in [4.78, 5) is 11.9. The second-order valence-electron chi connectivity index (χ2n) is 6.49. The summed E-state index contributed by atoms with van der Waals surface area (Å²) >= 11 is 3.45. The van der Waals surface area contributed by atoms with Gasteiger partial charge in [-0.15, -0.1) is 10.2 Å². The largest absolute Gasteiger partial charge is 0.326 e. The molecular weight excluding hydrogens is 388 g/mol. The summed E-state index contributed by atoms with van der Waals surface area (Å²) in [7, 11) is 0. The molecule has 0 unspecified atom stereocenters. The normalized spacial score (nSPS) is 10.9. The number of carbonyl (C=O) groups excluding carboxylic acids is 1. The van der Waals surface area contributed by atoms with E-state index in [1.54, 1.807) is 23.1 Å². The van der Waals surface area contributed by atoms with Gasteiger partial charge in [0.1, 0.15) is 0 Å². The quantitative estimate of drug-likeness (QED) is 0.323. The zero-order valence-corrected chi connectivity index (χ0v) is 17.8. The Balaban J connectivity index is 1.32. The number of para-hydroxylation sites is 1. The number of thiophene rings is 1. The molecule has 0 saturated heterocycles. The van der Waals surface area contributed by atoms with Crippen LogP contribution in [0, 0.1) is 0 Å². The fourth-order valence-electron chi connectivity index (χ4n) is 2.94. The molecule has 3 rings (SSSR count). The molecule has 0 aliphatic rings. The third kappa shape index (κ3) is 5.94. The average molecular weight is 415 g/mol. The van der Waals surface area contributed by atoms with E-state index in [0.29, 0.717) is 6.42 Å². The fraction of sp³-hybridized carbons (Fsp3) is 0.381. The zero-order chi connectivity index (χ0) is 19.6. The van der Waals surface area contributed by atoms with Crippen LogP contribution in [0.1, 0.15) is 39.0 Å². The summed E-state index contributed by atoms with van der Waals surface area (Å²) in [5, 5.41) is 16.8. The molecule has 7 heteroatoms. The average Bonchev–Trinajstić information content (AvgIpc) is 3.37. The topological polar surface area (TPSA) is 59.8 Å². The zero-order valence-electron chi connectivity index (χ0n) is 16.1. The van der Waals surface area contributed by atoms with Crippen LogP contribution < -0.4 is 5.32 Å².